The Morgan fingerprint density at radius 2 is 2.12 bits per heavy atom. The third kappa shape index (κ3) is 4.21. The van der Waals surface area contributed by atoms with Crippen molar-refractivity contribution in [3.63, 3.8) is 0 Å². The maximum absolute atomic E-state index is 11.7. The summed E-state index contributed by atoms with van der Waals surface area (Å²) in [7, 11) is 0. The van der Waals surface area contributed by atoms with Gasteiger partial charge >= 0.3 is 0 Å². The molecule has 1 aromatic heterocycles. The number of nitrogens with zero attached hydrogens (tertiary/aromatic N) is 3. The van der Waals surface area contributed by atoms with E-state index in [1.54, 1.807) is 0 Å². The molecule has 0 saturated heterocycles. The fourth-order valence-corrected chi connectivity index (χ4v) is 1.87. The van der Waals surface area contributed by atoms with E-state index in [2.05, 4.69) is 15.7 Å². The van der Waals surface area contributed by atoms with Gasteiger partial charge in [-0.25, -0.2) is 4.98 Å². The van der Waals surface area contributed by atoms with Crippen LogP contribution in [0.25, 0.3) is 0 Å². The predicted octanol–water partition coefficient (Wildman–Crippen LogP) is 2.03. The summed E-state index contributed by atoms with van der Waals surface area (Å²) in [4.78, 5) is 17.7. The van der Waals surface area contributed by atoms with Crippen LogP contribution in [0.3, 0.4) is 0 Å². The molecule has 4 nitrogen and oxygen atoms in total. The highest BCUT2D eigenvalue weighted by atomic mass is 16.2. The molecule has 1 amide bonds. The lowest BCUT2D eigenvalue weighted by Gasteiger charge is -2.18. The van der Waals surface area contributed by atoms with E-state index in [0.29, 0.717) is 6.42 Å². The standard InChI is InChI=1S/C13H22N3O/c1-4-15(5-2)13(17)8-6-7-10-16-11-9-14-12(16)3/h11H,4-8,10H2,1-3H3. The zero-order valence-corrected chi connectivity index (χ0v) is 11.1. The van der Waals surface area contributed by atoms with Crippen LogP contribution in [-0.2, 0) is 11.3 Å². The smallest absolute Gasteiger partial charge is 0.222 e. The van der Waals surface area contributed by atoms with Gasteiger partial charge in [0.05, 0.1) is 0 Å². The van der Waals surface area contributed by atoms with Crippen LogP contribution >= 0.6 is 0 Å². The van der Waals surface area contributed by atoms with E-state index in [1.165, 1.54) is 0 Å². The van der Waals surface area contributed by atoms with Crippen LogP contribution in [0.2, 0.25) is 0 Å². The highest BCUT2D eigenvalue weighted by molar-refractivity contribution is 5.75. The summed E-state index contributed by atoms with van der Waals surface area (Å²) < 4.78 is 2.07. The first-order valence-corrected chi connectivity index (χ1v) is 6.36. The maximum atomic E-state index is 11.7. The van der Waals surface area contributed by atoms with Crippen molar-refractivity contribution in [2.75, 3.05) is 13.1 Å². The van der Waals surface area contributed by atoms with Gasteiger partial charge in [0, 0.05) is 32.3 Å². The lowest BCUT2D eigenvalue weighted by atomic mass is 10.2. The predicted molar refractivity (Wildman–Crippen MR) is 67.6 cm³/mol. The van der Waals surface area contributed by atoms with Gasteiger partial charge in [-0.2, -0.15) is 0 Å². The van der Waals surface area contributed by atoms with Gasteiger partial charge in [-0.05, 0) is 33.6 Å². The second-order valence-electron chi connectivity index (χ2n) is 4.13. The first-order chi connectivity index (χ1) is 8.19. The number of aromatic nitrogens is 2. The molecule has 1 heterocycles. The van der Waals surface area contributed by atoms with Crippen molar-refractivity contribution in [2.24, 2.45) is 0 Å². The average Bonchev–Trinajstić information content (AvgIpc) is 2.72. The highest BCUT2D eigenvalue weighted by Gasteiger charge is 2.08. The molecule has 1 aromatic rings. The molecule has 0 aliphatic carbocycles. The summed E-state index contributed by atoms with van der Waals surface area (Å²) in [6.45, 7) is 8.55. The zero-order valence-electron chi connectivity index (χ0n) is 11.1. The van der Waals surface area contributed by atoms with E-state index in [-0.39, 0.29) is 5.91 Å². The summed E-state index contributed by atoms with van der Waals surface area (Å²) >= 11 is 0. The Morgan fingerprint density at radius 3 is 2.65 bits per heavy atom. The number of carbonyl (C=O) groups excluding carboxylic acids is 1. The number of carbonyl (C=O) groups is 1. The number of rotatable bonds is 7. The monoisotopic (exact) mass is 236 g/mol. The molecule has 0 saturated carbocycles. The molecule has 0 aromatic carbocycles. The van der Waals surface area contributed by atoms with Crippen LogP contribution in [0.15, 0.2) is 6.20 Å². The zero-order chi connectivity index (χ0) is 12.7. The Hall–Kier alpha value is -1.32. The molecule has 17 heavy (non-hydrogen) atoms. The molecule has 0 aliphatic heterocycles. The third-order valence-corrected chi connectivity index (χ3v) is 3.01. The van der Waals surface area contributed by atoms with E-state index in [4.69, 9.17) is 0 Å². The van der Waals surface area contributed by atoms with Gasteiger partial charge in [-0.1, -0.05) is 0 Å². The summed E-state index contributed by atoms with van der Waals surface area (Å²) in [5.74, 6) is 1.25. The van der Waals surface area contributed by atoms with Crippen LogP contribution in [0.1, 0.15) is 38.9 Å². The van der Waals surface area contributed by atoms with E-state index in [1.807, 2.05) is 31.9 Å². The van der Waals surface area contributed by atoms with E-state index in [0.717, 1.165) is 38.3 Å². The second kappa shape index (κ2) is 7.09. The van der Waals surface area contributed by atoms with Gasteiger partial charge in [0.1, 0.15) is 12.0 Å². The minimum absolute atomic E-state index is 0.268. The Bertz CT molecular complexity index is 342. The highest BCUT2D eigenvalue weighted by Crippen LogP contribution is 2.04. The summed E-state index contributed by atoms with van der Waals surface area (Å²) in [6.07, 6.45) is 7.29. The number of hydrogen-bond donors (Lipinski definition) is 0. The summed E-state index contributed by atoms with van der Waals surface area (Å²) in [5.41, 5.74) is 0. The first kappa shape index (κ1) is 13.7. The average molecular weight is 236 g/mol. The lowest BCUT2D eigenvalue weighted by Crippen LogP contribution is -2.30. The minimum Gasteiger partial charge on any atom is -0.343 e. The molecule has 0 aliphatic rings. The Morgan fingerprint density at radius 1 is 1.41 bits per heavy atom. The van der Waals surface area contributed by atoms with Crippen molar-refractivity contribution in [3.8, 4) is 0 Å². The molecule has 0 fully saturated rings. The molecular weight excluding hydrogens is 214 g/mol. The quantitative estimate of drug-likeness (QED) is 0.679. The van der Waals surface area contributed by atoms with Crippen molar-refractivity contribution in [1.29, 1.82) is 0 Å². The number of imidazole rings is 1. The van der Waals surface area contributed by atoms with Gasteiger partial charge in [-0.3, -0.25) is 4.79 Å². The van der Waals surface area contributed by atoms with Crippen LogP contribution < -0.4 is 0 Å². The molecule has 0 bridgehead atoms. The minimum atomic E-state index is 0.268. The van der Waals surface area contributed by atoms with Gasteiger partial charge in [0.15, 0.2) is 0 Å². The normalized spacial score (nSPS) is 10.5. The Kier molecular flexibility index (Phi) is 5.73. The van der Waals surface area contributed by atoms with Crippen LogP contribution in [-0.4, -0.2) is 33.4 Å². The van der Waals surface area contributed by atoms with Crippen LogP contribution in [0.4, 0.5) is 0 Å². The fraction of sp³-hybridized carbons (Fsp3) is 0.692. The molecule has 4 heteroatoms. The number of unbranched alkanes of at least 4 members (excludes halogenated alkanes) is 1. The molecule has 1 radical (unpaired) electrons. The molecule has 0 spiro atoms. The van der Waals surface area contributed by atoms with Gasteiger partial charge in [0.2, 0.25) is 5.91 Å². The summed E-state index contributed by atoms with van der Waals surface area (Å²) in [6, 6.07) is 0. The fourth-order valence-electron chi connectivity index (χ4n) is 1.87. The molecule has 0 N–H and O–H groups in total. The number of hydrogen-bond acceptors (Lipinski definition) is 2. The van der Waals surface area contributed by atoms with Gasteiger partial charge in [-0.15, -0.1) is 0 Å². The topological polar surface area (TPSA) is 38.1 Å². The molecule has 0 unspecified atom stereocenters. The van der Waals surface area contributed by atoms with Crippen molar-refractivity contribution in [2.45, 2.75) is 46.6 Å². The third-order valence-electron chi connectivity index (χ3n) is 3.01. The van der Waals surface area contributed by atoms with E-state index >= 15 is 0 Å². The van der Waals surface area contributed by atoms with Gasteiger partial charge in [0.25, 0.3) is 0 Å². The molecule has 0 atom stereocenters. The molecule has 1 rings (SSSR count). The Balaban J connectivity index is 2.20. The summed E-state index contributed by atoms with van der Waals surface area (Å²) in [5, 5.41) is 0. The Labute approximate surface area is 104 Å². The van der Waals surface area contributed by atoms with Crippen molar-refractivity contribution < 1.29 is 4.79 Å². The van der Waals surface area contributed by atoms with E-state index < -0.39 is 0 Å². The SMILES string of the molecule is CCN(CC)C(=O)CCCCn1c[c]nc1C. The van der Waals surface area contributed by atoms with Crippen LogP contribution in [0, 0.1) is 13.1 Å². The number of aryl methyl sites for hydroxylation is 2. The first-order valence-electron chi connectivity index (χ1n) is 6.36. The van der Waals surface area contributed by atoms with Crippen LogP contribution in [0.5, 0.6) is 0 Å². The van der Waals surface area contributed by atoms with E-state index in [9.17, 15) is 4.79 Å². The number of amides is 1. The molecule has 95 valence electrons. The van der Waals surface area contributed by atoms with Crippen molar-refractivity contribution in [1.82, 2.24) is 14.5 Å². The maximum Gasteiger partial charge on any atom is 0.222 e. The van der Waals surface area contributed by atoms with Crippen molar-refractivity contribution in [3.05, 3.63) is 18.2 Å². The largest absolute Gasteiger partial charge is 0.343 e. The lowest BCUT2D eigenvalue weighted by molar-refractivity contribution is -0.130. The molecular formula is C13H22N3O. The van der Waals surface area contributed by atoms with Gasteiger partial charge < -0.3 is 9.47 Å². The second-order valence-corrected chi connectivity index (χ2v) is 4.13. The van der Waals surface area contributed by atoms with Crippen molar-refractivity contribution >= 4 is 5.91 Å².